The topological polar surface area (TPSA) is 83.6 Å². The zero-order valence-corrected chi connectivity index (χ0v) is 19.1. The molecular formula is C23H24ClF2N5O3. The first-order chi connectivity index (χ1) is 16.5. The first kappa shape index (κ1) is 22.8. The number of piperidine rings is 1. The first-order valence-electron chi connectivity index (χ1n) is 11.2. The first-order valence-corrected chi connectivity index (χ1v) is 11.6. The Balaban J connectivity index is 1.28. The molecule has 0 aliphatic carbocycles. The number of amides is 1. The number of likely N-dealkylation sites (tertiary alicyclic amines) is 1. The Bertz CT molecular complexity index is 1160. The number of hydrogen-bond acceptors (Lipinski definition) is 6. The van der Waals surface area contributed by atoms with Crippen molar-refractivity contribution in [1.82, 2.24) is 19.9 Å². The maximum Gasteiger partial charge on any atom is 0.315 e. The van der Waals surface area contributed by atoms with Crippen molar-refractivity contribution in [2.75, 3.05) is 44.3 Å². The van der Waals surface area contributed by atoms with Crippen LogP contribution in [-0.2, 0) is 9.53 Å². The highest BCUT2D eigenvalue weighted by Gasteiger charge is 2.29. The van der Waals surface area contributed by atoms with E-state index in [1.54, 1.807) is 6.07 Å². The number of carbonyl (C=O) groups excluding carboxylic acids is 1. The number of benzene rings is 1. The average Bonchev–Trinajstić information content (AvgIpc) is 3.25. The number of imidazole rings is 1. The van der Waals surface area contributed by atoms with Gasteiger partial charge >= 0.3 is 6.43 Å². The Morgan fingerprint density at radius 2 is 1.82 bits per heavy atom. The van der Waals surface area contributed by atoms with Crippen LogP contribution in [0.15, 0.2) is 30.3 Å². The lowest BCUT2D eigenvalue weighted by Crippen LogP contribution is -2.44. The van der Waals surface area contributed by atoms with Crippen LogP contribution in [0.1, 0.15) is 12.8 Å². The smallest absolute Gasteiger partial charge is 0.315 e. The number of pyridine rings is 1. The third kappa shape index (κ3) is 4.78. The van der Waals surface area contributed by atoms with Crippen LogP contribution in [0.4, 0.5) is 14.5 Å². The SMILES string of the molecule is O=C(C(F)F)N1CCC(Oc2nc3nc(-c4ccc(N5CCOCC5)cc4)c(Cl)cc3[nH]2)CC1. The molecule has 2 aliphatic rings. The van der Waals surface area contributed by atoms with E-state index in [4.69, 9.17) is 21.1 Å². The molecule has 1 aromatic carbocycles. The number of alkyl halides is 2. The van der Waals surface area contributed by atoms with Crippen LogP contribution < -0.4 is 9.64 Å². The molecule has 1 amide bonds. The van der Waals surface area contributed by atoms with Crippen molar-refractivity contribution in [2.24, 2.45) is 0 Å². The summed E-state index contributed by atoms with van der Waals surface area (Å²) in [5, 5.41) is 0.487. The van der Waals surface area contributed by atoms with Gasteiger partial charge in [0.05, 0.1) is 29.4 Å². The van der Waals surface area contributed by atoms with Gasteiger partial charge in [-0.1, -0.05) is 23.7 Å². The summed E-state index contributed by atoms with van der Waals surface area (Å²) in [5.41, 5.74) is 3.74. The summed E-state index contributed by atoms with van der Waals surface area (Å²) in [4.78, 5) is 27.0. The van der Waals surface area contributed by atoms with Crippen LogP contribution in [-0.4, -0.2) is 77.7 Å². The van der Waals surface area contributed by atoms with E-state index in [0.29, 0.717) is 34.7 Å². The van der Waals surface area contributed by atoms with Crippen molar-refractivity contribution in [3.63, 3.8) is 0 Å². The average molecular weight is 492 g/mol. The van der Waals surface area contributed by atoms with Crippen molar-refractivity contribution in [3.05, 3.63) is 35.4 Å². The third-order valence-corrected chi connectivity index (χ3v) is 6.43. The number of rotatable bonds is 5. The molecular weight excluding hydrogens is 468 g/mol. The number of hydrogen-bond donors (Lipinski definition) is 1. The van der Waals surface area contributed by atoms with Gasteiger partial charge < -0.3 is 24.3 Å². The molecule has 0 radical (unpaired) electrons. The van der Waals surface area contributed by atoms with E-state index in [-0.39, 0.29) is 25.2 Å². The van der Waals surface area contributed by atoms with Gasteiger partial charge in [0, 0.05) is 50.3 Å². The van der Waals surface area contributed by atoms with Crippen molar-refractivity contribution < 1.29 is 23.0 Å². The molecule has 11 heteroatoms. The summed E-state index contributed by atoms with van der Waals surface area (Å²) in [6, 6.07) is 10.1. The standard InChI is InChI=1S/C23H24ClF2N5O3/c24-17-13-18-21(28-19(17)14-1-3-15(4-2-14)30-9-11-33-12-10-30)29-23(27-18)34-16-5-7-31(8-6-16)22(32)20(25)26/h1-4,13,16,20H,5-12H2,(H,27,28,29). The zero-order chi connectivity index (χ0) is 23.7. The quantitative estimate of drug-likeness (QED) is 0.585. The fraction of sp³-hybridized carbons (Fsp3) is 0.435. The van der Waals surface area contributed by atoms with Crippen molar-refractivity contribution in [2.45, 2.75) is 25.4 Å². The Morgan fingerprint density at radius 1 is 1.12 bits per heavy atom. The van der Waals surface area contributed by atoms with E-state index < -0.39 is 12.3 Å². The monoisotopic (exact) mass is 491 g/mol. The summed E-state index contributed by atoms with van der Waals surface area (Å²) in [6.45, 7) is 3.62. The van der Waals surface area contributed by atoms with Crippen molar-refractivity contribution >= 4 is 34.4 Å². The molecule has 2 aliphatic heterocycles. The minimum atomic E-state index is -2.98. The maximum absolute atomic E-state index is 12.6. The fourth-order valence-corrected chi connectivity index (χ4v) is 4.56. The molecule has 0 unspecified atom stereocenters. The van der Waals surface area contributed by atoms with Gasteiger partial charge in [-0.05, 0) is 18.2 Å². The number of morpholine rings is 1. The number of nitrogens with zero attached hydrogens (tertiary/aromatic N) is 4. The van der Waals surface area contributed by atoms with Gasteiger partial charge in [0.2, 0.25) is 0 Å². The molecule has 8 nitrogen and oxygen atoms in total. The number of H-pyrrole nitrogens is 1. The second-order valence-corrected chi connectivity index (χ2v) is 8.73. The minimum Gasteiger partial charge on any atom is -0.461 e. The summed E-state index contributed by atoms with van der Waals surface area (Å²) in [5.74, 6) is -1.13. The summed E-state index contributed by atoms with van der Waals surface area (Å²) < 4.78 is 36.5. The maximum atomic E-state index is 12.6. The van der Waals surface area contributed by atoms with E-state index >= 15 is 0 Å². The highest BCUT2D eigenvalue weighted by Crippen LogP contribution is 2.31. The van der Waals surface area contributed by atoms with Gasteiger partial charge in [0.1, 0.15) is 6.10 Å². The lowest BCUT2D eigenvalue weighted by Gasteiger charge is -2.31. The number of ether oxygens (including phenoxy) is 2. The fourth-order valence-electron chi connectivity index (χ4n) is 4.30. The van der Waals surface area contributed by atoms with Crippen LogP contribution in [0.5, 0.6) is 6.01 Å². The molecule has 2 aromatic heterocycles. The predicted octanol–water partition coefficient (Wildman–Crippen LogP) is 3.75. The van der Waals surface area contributed by atoms with E-state index in [2.05, 4.69) is 19.9 Å². The Hall–Kier alpha value is -2.98. The molecule has 4 heterocycles. The predicted molar refractivity (Wildman–Crippen MR) is 124 cm³/mol. The minimum absolute atomic E-state index is 0.225. The van der Waals surface area contributed by atoms with Gasteiger partial charge in [-0.3, -0.25) is 4.79 Å². The van der Waals surface area contributed by atoms with E-state index in [9.17, 15) is 13.6 Å². The highest BCUT2D eigenvalue weighted by atomic mass is 35.5. The van der Waals surface area contributed by atoms with Crippen molar-refractivity contribution in [1.29, 1.82) is 0 Å². The Kier molecular flexibility index (Phi) is 6.51. The molecule has 0 bridgehead atoms. The van der Waals surface area contributed by atoms with Gasteiger partial charge in [-0.15, -0.1) is 0 Å². The second-order valence-electron chi connectivity index (χ2n) is 8.32. The molecule has 3 aromatic rings. The highest BCUT2D eigenvalue weighted by molar-refractivity contribution is 6.33. The Morgan fingerprint density at radius 3 is 2.50 bits per heavy atom. The van der Waals surface area contributed by atoms with Crippen molar-refractivity contribution in [3.8, 4) is 17.3 Å². The largest absolute Gasteiger partial charge is 0.461 e. The zero-order valence-electron chi connectivity index (χ0n) is 18.3. The number of nitrogens with one attached hydrogen (secondary N) is 1. The summed E-state index contributed by atoms with van der Waals surface area (Å²) >= 11 is 6.52. The molecule has 5 rings (SSSR count). The number of anilines is 1. The summed E-state index contributed by atoms with van der Waals surface area (Å²) in [7, 11) is 0. The molecule has 180 valence electrons. The van der Waals surface area contributed by atoms with Crippen LogP contribution in [0.2, 0.25) is 5.02 Å². The lowest BCUT2D eigenvalue weighted by atomic mass is 10.1. The second kappa shape index (κ2) is 9.71. The Labute approximate surface area is 199 Å². The molecule has 2 saturated heterocycles. The molecule has 0 atom stereocenters. The van der Waals surface area contributed by atoms with Crippen LogP contribution in [0.25, 0.3) is 22.4 Å². The number of halogens is 3. The van der Waals surface area contributed by atoms with E-state index in [1.807, 2.05) is 24.3 Å². The van der Waals surface area contributed by atoms with Crippen LogP contribution >= 0.6 is 11.6 Å². The van der Waals surface area contributed by atoms with E-state index in [0.717, 1.165) is 37.6 Å². The van der Waals surface area contributed by atoms with E-state index in [1.165, 1.54) is 4.90 Å². The van der Waals surface area contributed by atoms with Gasteiger partial charge in [-0.25, -0.2) is 4.98 Å². The van der Waals surface area contributed by atoms with Gasteiger partial charge in [-0.2, -0.15) is 13.8 Å². The molecule has 0 spiro atoms. The van der Waals surface area contributed by atoms with Crippen LogP contribution in [0, 0.1) is 0 Å². The molecule has 1 N–H and O–H groups in total. The van der Waals surface area contributed by atoms with Gasteiger partial charge in [0.15, 0.2) is 5.65 Å². The number of fused-ring (bicyclic) bond motifs is 1. The normalized spacial score (nSPS) is 17.5. The van der Waals surface area contributed by atoms with Gasteiger partial charge in [0.25, 0.3) is 11.9 Å². The number of carbonyl (C=O) groups is 1. The number of aromatic amines is 1. The number of aromatic nitrogens is 3. The lowest BCUT2D eigenvalue weighted by molar-refractivity contribution is -0.144. The molecule has 2 fully saturated rings. The van der Waals surface area contributed by atoms with Crippen LogP contribution in [0.3, 0.4) is 0 Å². The third-order valence-electron chi connectivity index (χ3n) is 6.14. The molecule has 0 saturated carbocycles. The summed E-state index contributed by atoms with van der Waals surface area (Å²) in [6.07, 6.45) is -2.31. The molecule has 34 heavy (non-hydrogen) atoms.